The van der Waals surface area contributed by atoms with Gasteiger partial charge in [-0.1, -0.05) is 47.1 Å². The number of rotatable bonds is 7. The molecular formula is C24H17ClINO6S. The van der Waals surface area contributed by atoms with E-state index in [-0.39, 0.29) is 28.6 Å². The van der Waals surface area contributed by atoms with Gasteiger partial charge in [0.25, 0.3) is 0 Å². The van der Waals surface area contributed by atoms with Gasteiger partial charge in [0.2, 0.25) is 0 Å². The van der Waals surface area contributed by atoms with E-state index in [0.717, 1.165) is 5.56 Å². The average molecular weight is 610 g/mol. The van der Waals surface area contributed by atoms with E-state index in [1.54, 1.807) is 25.1 Å². The van der Waals surface area contributed by atoms with Gasteiger partial charge in [-0.2, -0.15) is 8.42 Å². The lowest BCUT2D eigenvalue weighted by atomic mass is 10.0. The molecule has 1 aliphatic rings. The van der Waals surface area contributed by atoms with Crippen LogP contribution in [0.4, 0.5) is 0 Å². The maximum atomic E-state index is 12.8. The van der Waals surface area contributed by atoms with Crippen LogP contribution in [0.2, 0.25) is 5.02 Å². The van der Waals surface area contributed by atoms with Gasteiger partial charge in [-0.05, 0) is 77.6 Å². The first-order valence-electron chi connectivity index (χ1n) is 10.0. The molecule has 34 heavy (non-hydrogen) atoms. The van der Waals surface area contributed by atoms with E-state index in [0.29, 0.717) is 19.9 Å². The summed E-state index contributed by atoms with van der Waals surface area (Å²) in [6, 6.07) is 18.1. The fourth-order valence-corrected chi connectivity index (χ4v) is 5.12. The van der Waals surface area contributed by atoms with E-state index in [2.05, 4.69) is 5.16 Å². The summed E-state index contributed by atoms with van der Waals surface area (Å²) < 4.78 is 37.2. The molecule has 0 bridgehead atoms. The summed E-state index contributed by atoms with van der Waals surface area (Å²) in [5.74, 6) is -0.327. The molecule has 0 aromatic heterocycles. The van der Waals surface area contributed by atoms with Crippen LogP contribution >= 0.6 is 34.2 Å². The van der Waals surface area contributed by atoms with Gasteiger partial charge in [0.1, 0.15) is 10.6 Å². The van der Waals surface area contributed by atoms with Crippen LogP contribution in [0.3, 0.4) is 0 Å². The van der Waals surface area contributed by atoms with E-state index in [4.69, 9.17) is 25.4 Å². The van der Waals surface area contributed by atoms with Crippen molar-refractivity contribution in [3.05, 3.63) is 92.0 Å². The molecule has 4 rings (SSSR count). The first-order chi connectivity index (χ1) is 16.3. The lowest BCUT2D eigenvalue weighted by molar-refractivity contribution is -0.136. The van der Waals surface area contributed by atoms with Crippen LogP contribution in [0.25, 0.3) is 6.08 Å². The standard InChI is InChI=1S/C24H17ClINO6S/c1-2-31-21-14-15(12-19-22(27-32-24(19)28)16-6-4-3-5-7-16)13-20(26)23(21)33-34(29,30)18-10-8-17(25)9-11-18/h3-14H,2H2,1H3/b19-12-. The maximum absolute atomic E-state index is 12.8. The van der Waals surface area contributed by atoms with Crippen LogP contribution in [0.15, 0.2) is 82.4 Å². The molecule has 0 fully saturated rings. The van der Waals surface area contributed by atoms with Crippen LogP contribution in [-0.4, -0.2) is 26.7 Å². The van der Waals surface area contributed by atoms with Crippen LogP contribution in [0, 0.1) is 3.57 Å². The average Bonchev–Trinajstić information content (AvgIpc) is 3.17. The van der Waals surface area contributed by atoms with E-state index >= 15 is 0 Å². The number of benzene rings is 3. The third-order valence-corrected chi connectivity index (χ3v) is 6.97. The van der Waals surface area contributed by atoms with Crippen LogP contribution < -0.4 is 8.92 Å². The Morgan fingerprint density at radius 1 is 1.09 bits per heavy atom. The minimum atomic E-state index is -4.13. The summed E-state index contributed by atoms with van der Waals surface area (Å²) in [6.45, 7) is 2.04. The zero-order valence-electron chi connectivity index (χ0n) is 17.7. The molecular weight excluding hydrogens is 593 g/mol. The van der Waals surface area contributed by atoms with Crippen molar-refractivity contribution in [1.82, 2.24) is 0 Å². The number of carbonyl (C=O) groups excluding carboxylic acids is 1. The Morgan fingerprint density at radius 3 is 2.47 bits per heavy atom. The van der Waals surface area contributed by atoms with Crippen LogP contribution in [0.5, 0.6) is 11.5 Å². The summed E-state index contributed by atoms with van der Waals surface area (Å²) in [5, 5.41) is 4.31. The molecule has 0 spiro atoms. The maximum Gasteiger partial charge on any atom is 0.368 e. The number of halogens is 2. The molecule has 0 N–H and O–H groups in total. The Labute approximate surface area is 215 Å². The van der Waals surface area contributed by atoms with Crippen molar-refractivity contribution in [2.75, 3.05) is 6.61 Å². The lowest BCUT2D eigenvalue weighted by Crippen LogP contribution is -2.12. The molecule has 7 nitrogen and oxygen atoms in total. The fraction of sp³-hybridized carbons (Fsp3) is 0.0833. The number of carbonyl (C=O) groups is 1. The van der Waals surface area contributed by atoms with Crippen molar-refractivity contribution < 1.29 is 27.0 Å². The molecule has 1 aliphatic heterocycles. The summed E-state index contributed by atoms with van der Waals surface area (Å²) in [7, 11) is -4.13. The number of oxime groups is 1. The molecule has 0 radical (unpaired) electrons. The van der Waals surface area contributed by atoms with Crippen molar-refractivity contribution >= 4 is 62.1 Å². The Hall–Kier alpha value is -2.89. The third kappa shape index (κ3) is 5.26. The first-order valence-corrected chi connectivity index (χ1v) is 12.9. The second kappa shape index (κ2) is 10.2. The van der Waals surface area contributed by atoms with Gasteiger partial charge in [-0.15, -0.1) is 0 Å². The van der Waals surface area contributed by atoms with Crippen molar-refractivity contribution in [2.45, 2.75) is 11.8 Å². The molecule has 3 aromatic carbocycles. The van der Waals surface area contributed by atoms with E-state index in [9.17, 15) is 13.2 Å². The number of hydrogen-bond donors (Lipinski definition) is 0. The molecule has 0 amide bonds. The second-order valence-electron chi connectivity index (χ2n) is 7.00. The fourth-order valence-electron chi connectivity index (χ4n) is 3.15. The number of ether oxygens (including phenoxy) is 1. The highest BCUT2D eigenvalue weighted by Crippen LogP contribution is 2.37. The van der Waals surface area contributed by atoms with E-state index in [1.165, 1.54) is 24.3 Å². The van der Waals surface area contributed by atoms with Crippen LogP contribution in [0.1, 0.15) is 18.1 Å². The summed E-state index contributed by atoms with van der Waals surface area (Å²) in [5.41, 5.74) is 1.99. The zero-order chi connectivity index (χ0) is 24.3. The van der Waals surface area contributed by atoms with Gasteiger partial charge in [0, 0.05) is 10.6 Å². The van der Waals surface area contributed by atoms with Gasteiger partial charge >= 0.3 is 16.1 Å². The monoisotopic (exact) mass is 609 g/mol. The highest BCUT2D eigenvalue weighted by molar-refractivity contribution is 14.1. The molecule has 174 valence electrons. The number of nitrogens with zero attached hydrogens (tertiary/aromatic N) is 1. The summed E-state index contributed by atoms with van der Waals surface area (Å²) >= 11 is 7.82. The van der Waals surface area contributed by atoms with Crippen molar-refractivity contribution in [1.29, 1.82) is 0 Å². The third-order valence-electron chi connectivity index (χ3n) is 4.68. The topological polar surface area (TPSA) is 91.3 Å². The molecule has 0 saturated heterocycles. The Bertz CT molecular complexity index is 1400. The molecule has 3 aromatic rings. The Morgan fingerprint density at radius 2 is 1.79 bits per heavy atom. The molecule has 10 heteroatoms. The lowest BCUT2D eigenvalue weighted by Gasteiger charge is -2.15. The van der Waals surface area contributed by atoms with Gasteiger partial charge in [0.05, 0.1) is 15.8 Å². The second-order valence-corrected chi connectivity index (χ2v) is 10.1. The Balaban J connectivity index is 1.72. The minimum absolute atomic E-state index is 0.0428. The smallest absolute Gasteiger partial charge is 0.368 e. The highest BCUT2D eigenvalue weighted by atomic mass is 127. The Kier molecular flexibility index (Phi) is 7.24. The van der Waals surface area contributed by atoms with Gasteiger partial charge < -0.3 is 13.8 Å². The normalized spacial score (nSPS) is 14.6. The summed E-state index contributed by atoms with van der Waals surface area (Å²) in [4.78, 5) is 17.2. The predicted octanol–water partition coefficient (Wildman–Crippen LogP) is 5.46. The highest BCUT2D eigenvalue weighted by Gasteiger charge is 2.27. The number of hydrogen-bond acceptors (Lipinski definition) is 7. The van der Waals surface area contributed by atoms with Crippen molar-refractivity contribution in [3.8, 4) is 11.5 Å². The van der Waals surface area contributed by atoms with Gasteiger partial charge in [-0.3, -0.25) is 0 Å². The molecule has 1 heterocycles. The van der Waals surface area contributed by atoms with E-state index in [1.807, 2.05) is 52.9 Å². The van der Waals surface area contributed by atoms with Crippen LogP contribution in [-0.2, 0) is 19.8 Å². The summed E-state index contributed by atoms with van der Waals surface area (Å²) in [6.07, 6.45) is 1.61. The minimum Gasteiger partial charge on any atom is -0.490 e. The quantitative estimate of drug-likeness (QED) is 0.153. The predicted molar refractivity (Wildman–Crippen MR) is 137 cm³/mol. The molecule has 0 aliphatic carbocycles. The first kappa shape index (κ1) is 24.2. The molecule has 0 unspecified atom stereocenters. The van der Waals surface area contributed by atoms with Gasteiger partial charge in [0.15, 0.2) is 11.5 Å². The largest absolute Gasteiger partial charge is 0.490 e. The zero-order valence-corrected chi connectivity index (χ0v) is 21.4. The van der Waals surface area contributed by atoms with Crippen molar-refractivity contribution in [3.63, 3.8) is 0 Å². The van der Waals surface area contributed by atoms with E-state index < -0.39 is 16.1 Å². The molecule has 0 atom stereocenters. The van der Waals surface area contributed by atoms with Crippen molar-refractivity contribution in [2.24, 2.45) is 5.16 Å². The molecule has 0 saturated carbocycles. The SMILES string of the molecule is CCOc1cc(/C=C2\C(=O)ON=C2c2ccccc2)cc(I)c1OS(=O)(=O)c1ccc(Cl)cc1. The van der Waals surface area contributed by atoms with Gasteiger partial charge in [-0.25, -0.2) is 4.79 Å².